The van der Waals surface area contributed by atoms with Crippen molar-refractivity contribution in [2.75, 3.05) is 65.4 Å². The molecule has 3 aliphatic heterocycles. The van der Waals surface area contributed by atoms with Gasteiger partial charge in [-0.3, -0.25) is 71.9 Å². The van der Waals surface area contributed by atoms with Crippen LogP contribution in [0.4, 0.5) is 13.2 Å². The van der Waals surface area contributed by atoms with Crippen molar-refractivity contribution in [2.45, 2.75) is 202 Å². The van der Waals surface area contributed by atoms with E-state index >= 15 is 56.7 Å². The summed E-state index contributed by atoms with van der Waals surface area (Å²) >= 11 is 0.689. The Morgan fingerprint density at radius 1 is 0.489 bits per heavy atom. The molecule has 0 saturated carbocycles. The number of likely N-dealkylation sites (N-methyl/N-ethyl adjacent to an activating group) is 3. The van der Waals surface area contributed by atoms with E-state index in [0.717, 1.165) is 20.3 Å². The van der Waals surface area contributed by atoms with Crippen LogP contribution in [0.5, 0.6) is 5.75 Å². The fraction of sp³-hybridized carbons (Fsp3) is 0.448. The molecule has 0 bridgehead atoms. The number of phenolic OH excluding ortho intramolecular Hbond substituents is 1. The van der Waals surface area contributed by atoms with E-state index < -0.39 is 222 Å². The van der Waals surface area contributed by atoms with Gasteiger partial charge in [0.2, 0.25) is 88.6 Å². The van der Waals surface area contributed by atoms with Gasteiger partial charge in [-0.1, -0.05) is 149 Å². The van der Waals surface area contributed by atoms with Crippen LogP contribution in [-0.4, -0.2) is 267 Å². The molecular formula is C96H122F3N19O16S. The number of unbranched alkanes of at least 4 members (excludes halogenated alkanes) is 2. The summed E-state index contributed by atoms with van der Waals surface area (Å²) in [6.45, 7) is 4.07. The first-order chi connectivity index (χ1) is 64.6. The first-order valence-electron chi connectivity index (χ1n) is 45.3. The Hall–Kier alpha value is -13.3. The predicted molar refractivity (Wildman–Crippen MR) is 498 cm³/mol. The second-order valence-corrected chi connectivity index (χ2v) is 35.6. The number of nitrogens with two attached hydrogens (primary N) is 4. The Morgan fingerprint density at radius 3 is 1.60 bits per heavy atom. The highest BCUT2D eigenvalue weighted by molar-refractivity contribution is 8.00. The number of phenols is 1. The lowest BCUT2D eigenvalue weighted by Gasteiger charge is -2.42. The number of halogens is 3. The van der Waals surface area contributed by atoms with E-state index in [1.807, 2.05) is 6.92 Å². The lowest BCUT2D eigenvalue weighted by Crippen LogP contribution is -2.66. The highest BCUT2D eigenvalue weighted by Crippen LogP contribution is 2.29. The number of H-pyrrole nitrogens is 1. The quantitative estimate of drug-likeness (QED) is 0.0286. The van der Waals surface area contributed by atoms with E-state index in [2.05, 4.69) is 52.8 Å². The Kier molecular flexibility index (Phi) is 38.2. The molecule has 4 heterocycles. The van der Waals surface area contributed by atoms with Gasteiger partial charge in [0.15, 0.2) is 17.5 Å². The maximum Gasteiger partial charge on any atom is 0.246 e. The molecule has 6 aromatic carbocycles. The van der Waals surface area contributed by atoms with Crippen LogP contribution in [0.2, 0.25) is 0 Å². The third-order valence-corrected chi connectivity index (χ3v) is 25.6. The second-order valence-electron chi connectivity index (χ2n) is 34.6. The minimum absolute atomic E-state index is 0.00834. The number of nitrogens with zero attached hydrogens (tertiary/aromatic N) is 5. The van der Waals surface area contributed by atoms with Gasteiger partial charge in [0, 0.05) is 109 Å². The normalized spacial score (nSPS) is 23.3. The van der Waals surface area contributed by atoms with Crippen molar-refractivity contribution < 1.29 is 90.2 Å². The van der Waals surface area contributed by atoms with E-state index in [1.54, 1.807) is 129 Å². The van der Waals surface area contributed by atoms with E-state index in [9.17, 15) is 33.5 Å². The van der Waals surface area contributed by atoms with Crippen LogP contribution in [0, 0.1) is 23.4 Å². The maximum atomic E-state index is 15.7. The molecule has 1 unspecified atom stereocenters. The van der Waals surface area contributed by atoms with Crippen molar-refractivity contribution >= 4 is 111 Å². The van der Waals surface area contributed by atoms with Crippen molar-refractivity contribution in [3.63, 3.8) is 0 Å². The SMILES string of the molecule is CCCC[C@H]1C(=O)N2CCC[C@@H]2C(=O)NC(CN)C(=O)N[C@@H](C(C)C)C(=O)N(C)[C@@H](Cc2ccccc2)C(=O)N[C@@H](Cc2ccc(CN)cc2)C(=O)N2CC[C@@H]2C(=O)N[C@@H](Cc2c[nH]c3ccccc23)C(=O)N[C@@H](Cc2ccc(O)cc2)C(=O)N[C@@H](CCCCN)C(=O)N[C@H](C(=O)NCC(N)=O)CSCC(=O)N[C@@H](Cc2cc(F)c(F)c(F)c2)C(=O)N(C)[C@@H](Cc2ccccc2)C(=O)N1C. The number of hydrogen-bond acceptors (Lipinski definition) is 20. The standard InChI is InChI=1S/C96H122F3N19O16S/c1-7-8-27-77-95(133)117-39-19-28-75(117)89(127)111-73(50-102)88(126)113-83(55(2)3)96(134)115(5)78(46-56-20-11-9-12-21-56)91(129)110-72(44-58-29-31-60(49-101)32-30-58)93(131)118-40-37-76(118)90(128)109-70(48-62-51-104-67-25-16-15-24-64(62)67)87(125)108-69(43-59-33-35-63(119)36-34-59)86(124)107-68(26-17-18-38-100)85(123)112-74(84(122)105-52-80(103)120)53-135-54-81(121)106-71(45-61-41-65(97)82(99)66(98)42-61)92(130)116(6)79(94(132)114(77)4)47-57-22-13-10-14-23-57/h9-16,20-25,29-36,41-42,51,55,68-79,83,104,119H,7-8,17-19,26-28,37-40,43-50,52-54,100-102H2,1-6H3,(H2,103,120)(H,105,122)(H,106,121)(H,107,124)(H,108,125)(H,109,128)(H,110,129)(H,111,127)(H,112,123)(H,113,126)/t68-,69-,70-,71-,72-,73?,74-,75+,76+,77-,78-,79-,83-/m0/s1. The maximum absolute atomic E-state index is 15.7. The predicted octanol–water partition coefficient (Wildman–Crippen LogP) is 1.74. The molecule has 0 radical (unpaired) electrons. The zero-order chi connectivity index (χ0) is 97.9. The smallest absolute Gasteiger partial charge is 0.246 e. The van der Waals surface area contributed by atoms with Gasteiger partial charge >= 0.3 is 0 Å². The molecule has 10 rings (SSSR count). The van der Waals surface area contributed by atoms with Gasteiger partial charge in [-0.15, -0.1) is 11.8 Å². The molecule has 0 aliphatic carbocycles. The summed E-state index contributed by atoms with van der Waals surface area (Å²) in [6, 6.07) is 18.2. The van der Waals surface area contributed by atoms with Gasteiger partial charge < -0.3 is 105 Å². The lowest BCUT2D eigenvalue weighted by molar-refractivity contribution is -0.152. The number of aromatic amines is 1. The van der Waals surface area contributed by atoms with Crippen molar-refractivity contribution in [3.05, 3.63) is 208 Å². The van der Waals surface area contributed by atoms with Crippen LogP contribution in [0.25, 0.3) is 10.9 Å². The third-order valence-electron chi connectivity index (χ3n) is 24.6. The molecule has 35 nitrogen and oxygen atoms in total. The molecule has 3 fully saturated rings. The Labute approximate surface area is 785 Å². The summed E-state index contributed by atoms with van der Waals surface area (Å²) in [7, 11) is 3.92. The van der Waals surface area contributed by atoms with Crippen LogP contribution in [0.15, 0.2) is 152 Å². The molecule has 39 heteroatoms. The molecule has 1 aromatic heterocycles. The number of thioether (sulfide) groups is 1. The topological polar surface area (TPSA) is 521 Å². The molecule has 7 aromatic rings. The van der Waals surface area contributed by atoms with Gasteiger partial charge in [0.25, 0.3) is 0 Å². The average molecular weight is 1890 g/mol. The zero-order valence-corrected chi connectivity index (χ0v) is 77.3. The Bertz CT molecular complexity index is 5330. The molecule has 13 atom stereocenters. The number of aromatic hydroxyl groups is 1. The van der Waals surface area contributed by atoms with Crippen molar-refractivity contribution in [1.29, 1.82) is 0 Å². The van der Waals surface area contributed by atoms with Crippen molar-refractivity contribution in [2.24, 2.45) is 28.9 Å². The van der Waals surface area contributed by atoms with Crippen molar-refractivity contribution in [1.82, 2.24) is 77.3 Å². The number of amides is 15. The number of rotatable bonds is 25. The minimum atomic E-state index is -1.85. The van der Waals surface area contributed by atoms with Gasteiger partial charge in [0.05, 0.1) is 12.3 Å². The number of fused-ring (bicyclic) bond motifs is 3. The molecule has 19 N–H and O–H groups in total. The van der Waals surface area contributed by atoms with Crippen LogP contribution in [0.3, 0.4) is 0 Å². The summed E-state index contributed by atoms with van der Waals surface area (Å²) < 4.78 is 45.1. The van der Waals surface area contributed by atoms with E-state index in [4.69, 9.17) is 22.9 Å². The zero-order valence-electron chi connectivity index (χ0n) is 76.4. The highest BCUT2D eigenvalue weighted by Gasteiger charge is 2.47. The fourth-order valence-electron chi connectivity index (χ4n) is 16.7. The third kappa shape index (κ3) is 28.2. The number of aromatic nitrogens is 1. The average Bonchev–Trinajstić information content (AvgIpc) is 1.26. The summed E-state index contributed by atoms with van der Waals surface area (Å²) in [5.74, 6) is -20.7. The first kappa shape index (κ1) is 104. The Balaban J connectivity index is 1.05. The summed E-state index contributed by atoms with van der Waals surface area (Å²) in [5.41, 5.74) is 27.3. The summed E-state index contributed by atoms with van der Waals surface area (Å²) in [5, 5.41) is 35.3. The van der Waals surface area contributed by atoms with Gasteiger partial charge in [-0.05, 0) is 127 Å². The van der Waals surface area contributed by atoms with E-state index in [1.165, 1.54) is 55.2 Å². The molecule has 15 amide bonds. The first-order valence-corrected chi connectivity index (χ1v) is 46.4. The number of benzene rings is 6. The molecule has 3 aliphatic rings. The van der Waals surface area contributed by atoms with Gasteiger partial charge in [-0.2, -0.15) is 0 Å². The minimum Gasteiger partial charge on any atom is -0.508 e. The van der Waals surface area contributed by atoms with E-state index in [0.29, 0.717) is 81.9 Å². The number of primary amides is 1. The van der Waals surface area contributed by atoms with Gasteiger partial charge in [0.1, 0.15) is 84.3 Å². The number of nitrogens with one attached hydrogen (secondary N) is 10. The van der Waals surface area contributed by atoms with Crippen molar-refractivity contribution in [3.8, 4) is 5.75 Å². The molecular weight excluding hydrogens is 1760 g/mol. The summed E-state index contributed by atoms with van der Waals surface area (Å²) in [4.78, 5) is 234. The number of para-hydroxylation sites is 1. The van der Waals surface area contributed by atoms with Crippen LogP contribution in [0.1, 0.15) is 118 Å². The highest BCUT2D eigenvalue weighted by atomic mass is 32.2. The van der Waals surface area contributed by atoms with E-state index in [-0.39, 0.29) is 108 Å². The number of carbonyl (C=O) groups is 15. The second kappa shape index (κ2) is 49.6. The number of carbonyl (C=O) groups excluding carboxylic acids is 15. The van der Waals surface area contributed by atoms with Crippen LogP contribution in [-0.2, 0) is 117 Å². The largest absolute Gasteiger partial charge is 0.508 e. The Morgan fingerprint density at radius 2 is 1.00 bits per heavy atom. The molecule has 724 valence electrons. The lowest BCUT2D eigenvalue weighted by atomic mass is 9.95. The monoisotopic (exact) mass is 1890 g/mol. The van der Waals surface area contributed by atoms with Crippen LogP contribution >= 0.6 is 11.8 Å². The number of hydrogen-bond donors (Lipinski definition) is 15. The molecule has 0 spiro atoms. The van der Waals surface area contributed by atoms with Gasteiger partial charge in [-0.25, -0.2) is 13.2 Å². The fourth-order valence-corrected chi connectivity index (χ4v) is 17.6. The molecule has 135 heavy (non-hydrogen) atoms. The van der Waals surface area contributed by atoms with Crippen LogP contribution < -0.4 is 70.8 Å². The summed E-state index contributed by atoms with van der Waals surface area (Å²) in [6.07, 6.45) is 1.26. The molecule has 3 saturated heterocycles.